The summed E-state index contributed by atoms with van der Waals surface area (Å²) in [5, 5.41) is 0.522. The van der Waals surface area contributed by atoms with Crippen LogP contribution in [0, 0.1) is 11.7 Å². The molecule has 1 aliphatic rings. The molecule has 2 rings (SSSR count). The summed E-state index contributed by atoms with van der Waals surface area (Å²) in [4.78, 5) is 0. The van der Waals surface area contributed by atoms with Crippen LogP contribution < -0.4 is 5.73 Å². The molecule has 1 aromatic carbocycles. The van der Waals surface area contributed by atoms with Gasteiger partial charge in [-0.2, -0.15) is 0 Å². The van der Waals surface area contributed by atoms with E-state index < -0.39 is 0 Å². The van der Waals surface area contributed by atoms with Gasteiger partial charge in [-0.25, -0.2) is 4.39 Å². The first-order chi connectivity index (χ1) is 7.18. The van der Waals surface area contributed by atoms with Gasteiger partial charge in [-0.3, -0.25) is 0 Å². The van der Waals surface area contributed by atoms with Gasteiger partial charge in [-0.1, -0.05) is 24.1 Å². The Morgan fingerprint density at radius 2 is 2.20 bits per heavy atom. The molecule has 0 saturated heterocycles. The van der Waals surface area contributed by atoms with Crippen LogP contribution in [0.2, 0.25) is 5.02 Å². The van der Waals surface area contributed by atoms with Crippen molar-refractivity contribution in [3.8, 4) is 0 Å². The van der Waals surface area contributed by atoms with Crippen molar-refractivity contribution < 1.29 is 4.39 Å². The molecule has 3 heteroatoms. The van der Waals surface area contributed by atoms with E-state index in [-0.39, 0.29) is 11.9 Å². The van der Waals surface area contributed by atoms with Crippen LogP contribution in [0.1, 0.15) is 24.8 Å². The van der Waals surface area contributed by atoms with E-state index in [9.17, 15) is 4.39 Å². The van der Waals surface area contributed by atoms with Crippen molar-refractivity contribution in [2.45, 2.75) is 31.7 Å². The molecule has 0 radical (unpaired) electrons. The Morgan fingerprint density at radius 3 is 2.80 bits per heavy atom. The molecule has 0 amide bonds. The fraction of sp³-hybridized carbons (Fsp3) is 0.500. The third kappa shape index (κ3) is 2.32. The van der Waals surface area contributed by atoms with Gasteiger partial charge in [0.15, 0.2) is 0 Å². The van der Waals surface area contributed by atoms with Crippen LogP contribution in [0.25, 0.3) is 0 Å². The van der Waals surface area contributed by atoms with Gasteiger partial charge < -0.3 is 5.73 Å². The maximum absolute atomic E-state index is 13.5. The fourth-order valence-corrected chi connectivity index (χ4v) is 2.55. The van der Waals surface area contributed by atoms with E-state index in [1.807, 2.05) is 0 Å². The molecular weight excluding hydrogens is 213 g/mol. The molecule has 0 heterocycles. The minimum Gasteiger partial charge on any atom is -0.327 e. The summed E-state index contributed by atoms with van der Waals surface area (Å²) in [7, 11) is 0. The molecule has 1 aliphatic carbocycles. The minimum absolute atomic E-state index is 0.207. The Morgan fingerprint density at radius 1 is 1.40 bits per heavy atom. The van der Waals surface area contributed by atoms with Crippen molar-refractivity contribution in [3.05, 3.63) is 34.6 Å². The molecule has 1 nitrogen and oxygen atoms in total. The van der Waals surface area contributed by atoms with E-state index >= 15 is 0 Å². The largest absolute Gasteiger partial charge is 0.327 e. The third-order valence-corrected chi connectivity index (χ3v) is 3.60. The smallest absolute Gasteiger partial charge is 0.127 e. The lowest BCUT2D eigenvalue weighted by Crippen LogP contribution is -2.26. The van der Waals surface area contributed by atoms with E-state index in [2.05, 4.69) is 0 Å². The van der Waals surface area contributed by atoms with Crippen molar-refractivity contribution in [2.75, 3.05) is 0 Å². The Kier molecular flexibility index (Phi) is 3.27. The zero-order chi connectivity index (χ0) is 10.8. The Balaban J connectivity index is 2.16. The van der Waals surface area contributed by atoms with Gasteiger partial charge >= 0.3 is 0 Å². The zero-order valence-corrected chi connectivity index (χ0v) is 9.30. The summed E-state index contributed by atoms with van der Waals surface area (Å²) in [5.74, 6) is 0.181. The molecule has 1 aromatic rings. The highest BCUT2D eigenvalue weighted by Gasteiger charge is 2.25. The summed E-state index contributed by atoms with van der Waals surface area (Å²) in [6.45, 7) is 0. The Bertz CT molecular complexity index is 333. The van der Waals surface area contributed by atoms with E-state index in [0.717, 1.165) is 19.3 Å². The lowest BCUT2D eigenvalue weighted by atomic mass is 9.95. The predicted molar refractivity (Wildman–Crippen MR) is 60.4 cm³/mol. The number of hydrogen-bond donors (Lipinski definition) is 1. The number of halogens is 2. The van der Waals surface area contributed by atoms with Crippen molar-refractivity contribution in [2.24, 2.45) is 11.7 Å². The third-order valence-electron chi connectivity index (χ3n) is 3.25. The number of nitrogens with two attached hydrogens (primary N) is 1. The van der Waals surface area contributed by atoms with Crippen LogP contribution in [-0.4, -0.2) is 6.04 Å². The molecule has 2 atom stereocenters. The van der Waals surface area contributed by atoms with E-state index in [1.165, 1.54) is 6.07 Å². The second-order valence-electron chi connectivity index (χ2n) is 4.26. The quantitative estimate of drug-likeness (QED) is 0.825. The highest BCUT2D eigenvalue weighted by Crippen LogP contribution is 2.30. The highest BCUT2D eigenvalue weighted by molar-refractivity contribution is 6.31. The topological polar surface area (TPSA) is 26.0 Å². The summed E-state index contributed by atoms with van der Waals surface area (Å²) in [5.41, 5.74) is 6.59. The van der Waals surface area contributed by atoms with Crippen LogP contribution in [0.5, 0.6) is 0 Å². The average Bonchev–Trinajstić information content (AvgIpc) is 2.58. The highest BCUT2D eigenvalue weighted by atomic mass is 35.5. The van der Waals surface area contributed by atoms with Gasteiger partial charge in [0.25, 0.3) is 0 Å². The van der Waals surface area contributed by atoms with Gasteiger partial charge in [0, 0.05) is 16.6 Å². The van der Waals surface area contributed by atoms with Crippen LogP contribution >= 0.6 is 11.6 Å². The van der Waals surface area contributed by atoms with Gasteiger partial charge in [0.2, 0.25) is 0 Å². The summed E-state index contributed by atoms with van der Waals surface area (Å²) < 4.78 is 13.5. The van der Waals surface area contributed by atoms with E-state index in [4.69, 9.17) is 17.3 Å². The lowest BCUT2D eigenvalue weighted by molar-refractivity contribution is 0.467. The lowest BCUT2D eigenvalue weighted by Gasteiger charge is -2.16. The summed E-state index contributed by atoms with van der Waals surface area (Å²) >= 11 is 5.97. The standard InChI is InChI=1S/C12H15ClFN/c13-10-4-2-5-11(14)9(10)7-8-3-1-6-12(8)15/h2,4-5,8,12H,1,3,6-7,15H2. The minimum atomic E-state index is -0.207. The molecule has 82 valence electrons. The maximum atomic E-state index is 13.5. The molecular formula is C12H15ClFN. The number of hydrogen-bond acceptors (Lipinski definition) is 1. The average molecular weight is 228 g/mol. The summed E-state index contributed by atoms with van der Waals surface area (Å²) in [6.07, 6.45) is 3.97. The first-order valence-electron chi connectivity index (χ1n) is 5.37. The van der Waals surface area contributed by atoms with Gasteiger partial charge in [-0.05, 0) is 37.3 Å². The Labute approximate surface area is 94.4 Å². The second kappa shape index (κ2) is 4.50. The maximum Gasteiger partial charge on any atom is 0.127 e. The summed E-state index contributed by atoms with van der Waals surface area (Å²) in [6, 6.07) is 5.04. The molecule has 2 unspecified atom stereocenters. The van der Waals surface area contributed by atoms with Crippen molar-refractivity contribution in [1.29, 1.82) is 0 Å². The Hall–Kier alpha value is -0.600. The van der Waals surface area contributed by atoms with Gasteiger partial charge in [0.05, 0.1) is 0 Å². The molecule has 0 bridgehead atoms. The van der Waals surface area contributed by atoms with E-state index in [1.54, 1.807) is 12.1 Å². The van der Waals surface area contributed by atoms with Gasteiger partial charge in [0.1, 0.15) is 5.82 Å². The van der Waals surface area contributed by atoms with Crippen molar-refractivity contribution in [1.82, 2.24) is 0 Å². The van der Waals surface area contributed by atoms with Crippen LogP contribution in [0.3, 0.4) is 0 Å². The van der Waals surface area contributed by atoms with Crippen molar-refractivity contribution >= 4 is 11.6 Å². The van der Waals surface area contributed by atoms with Crippen molar-refractivity contribution in [3.63, 3.8) is 0 Å². The first-order valence-corrected chi connectivity index (χ1v) is 5.74. The monoisotopic (exact) mass is 227 g/mol. The molecule has 0 aliphatic heterocycles. The molecule has 0 spiro atoms. The van der Waals surface area contributed by atoms with Crippen LogP contribution in [-0.2, 0) is 6.42 Å². The van der Waals surface area contributed by atoms with E-state index in [0.29, 0.717) is 22.9 Å². The fourth-order valence-electron chi connectivity index (χ4n) is 2.31. The SMILES string of the molecule is NC1CCCC1Cc1c(F)cccc1Cl. The van der Waals surface area contributed by atoms with Crippen LogP contribution in [0.4, 0.5) is 4.39 Å². The van der Waals surface area contributed by atoms with Crippen LogP contribution in [0.15, 0.2) is 18.2 Å². The second-order valence-corrected chi connectivity index (χ2v) is 4.67. The zero-order valence-electron chi connectivity index (χ0n) is 8.55. The number of benzene rings is 1. The predicted octanol–water partition coefficient (Wildman–Crippen LogP) is 3.15. The molecule has 1 fully saturated rings. The first kappa shape index (κ1) is 10.9. The van der Waals surface area contributed by atoms with Gasteiger partial charge in [-0.15, -0.1) is 0 Å². The molecule has 0 aromatic heterocycles. The molecule has 1 saturated carbocycles. The number of rotatable bonds is 2. The molecule has 2 N–H and O–H groups in total. The molecule has 15 heavy (non-hydrogen) atoms. The normalized spacial score (nSPS) is 25.8.